The van der Waals surface area contributed by atoms with E-state index in [0.717, 1.165) is 68.9 Å². The van der Waals surface area contributed by atoms with Crippen molar-refractivity contribution in [2.75, 3.05) is 20.8 Å². The summed E-state index contributed by atoms with van der Waals surface area (Å²) in [4.78, 5) is 24.3. The Morgan fingerprint density at radius 3 is 1.74 bits per heavy atom. The van der Waals surface area contributed by atoms with E-state index in [1.54, 1.807) is 26.4 Å². The van der Waals surface area contributed by atoms with Crippen LogP contribution in [-0.2, 0) is 17.6 Å². The molecule has 0 aliphatic heterocycles. The molecule has 0 aliphatic carbocycles. The van der Waals surface area contributed by atoms with E-state index in [0.29, 0.717) is 36.0 Å². The normalized spacial score (nSPS) is 10.4. The highest BCUT2D eigenvalue weighted by Gasteiger charge is 2.12. The molecule has 0 fully saturated rings. The van der Waals surface area contributed by atoms with Gasteiger partial charge in [-0.25, -0.2) is 4.79 Å². The number of esters is 1. The standard InChI is InChI=1S/C31H41NO6/c1-5-14-24-17-19-26(28(22-24)35-3)37-30(33)16-12-10-8-7-9-11-13-21-32-31(34)38-27-20-18-25(15-6-2)23-29(27)36-4/h5-6,17-20,22-23H,1-2,7-16,21H2,3-4H3,(H,32,34). The molecule has 38 heavy (non-hydrogen) atoms. The highest BCUT2D eigenvalue weighted by Crippen LogP contribution is 2.29. The molecule has 0 heterocycles. The van der Waals surface area contributed by atoms with E-state index >= 15 is 0 Å². The fraction of sp³-hybridized carbons (Fsp3) is 0.419. The van der Waals surface area contributed by atoms with Crippen LogP contribution in [0.1, 0.15) is 62.5 Å². The van der Waals surface area contributed by atoms with Crippen LogP contribution in [0, 0.1) is 0 Å². The fourth-order valence-corrected chi connectivity index (χ4v) is 3.96. The fourth-order valence-electron chi connectivity index (χ4n) is 3.96. The highest BCUT2D eigenvalue weighted by atomic mass is 16.6. The molecule has 0 saturated carbocycles. The first-order valence-electron chi connectivity index (χ1n) is 13.2. The highest BCUT2D eigenvalue weighted by molar-refractivity contribution is 5.73. The molecule has 206 valence electrons. The van der Waals surface area contributed by atoms with Crippen LogP contribution in [0.25, 0.3) is 0 Å². The molecule has 0 saturated heterocycles. The van der Waals surface area contributed by atoms with Crippen LogP contribution in [0.5, 0.6) is 23.0 Å². The minimum Gasteiger partial charge on any atom is -0.493 e. The van der Waals surface area contributed by atoms with Crippen molar-refractivity contribution in [3.63, 3.8) is 0 Å². The number of nitrogens with one attached hydrogen (secondary N) is 1. The molecule has 1 N–H and O–H groups in total. The zero-order valence-electron chi connectivity index (χ0n) is 22.8. The molecular formula is C31H41NO6. The predicted octanol–water partition coefficient (Wildman–Crippen LogP) is 6.98. The summed E-state index contributed by atoms with van der Waals surface area (Å²) in [6, 6.07) is 11.0. The number of allylic oxidation sites excluding steroid dienone is 2. The van der Waals surface area contributed by atoms with Crippen molar-refractivity contribution >= 4 is 12.1 Å². The Balaban J connectivity index is 1.52. The van der Waals surface area contributed by atoms with Crippen LogP contribution in [-0.4, -0.2) is 32.8 Å². The third-order valence-electron chi connectivity index (χ3n) is 5.97. The summed E-state index contributed by atoms with van der Waals surface area (Å²) in [5.41, 5.74) is 2.09. The SMILES string of the molecule is C=CCc1ccc(OC(=O)CCCCCCCCCNC(=O)Oc2ccc(CC=C)cc2OC)c(OC)c1. The van der Waals surface area contributed by atoms with E-state index in [1.807, 2.05) is 36.4 Å². The quantitative estimate of drug-likeness (QED) is 0.0983. The van der Waals surface area contributed by atoms with Crippen LogP contribution in [0.15, 0.2) is 61.7 Å². The lowest BCUT2D eigenvalue weighted by atomic mass is 10.1. The van der Waals surface area contributed by atoms with Crippen molar-refractivity contribution in [1.29, 1.82) is 0 Å². The largest absolute Gasteiger partial charge is 0.493 e. The van der Waals surface area contributed by atoms with Crippen molar-refractivity contribution < 1.29 is 28.5 Å². The van der Waals surface area contributed by atoms with Crippen LogP contribution in [0.3, 0.4) is 0 Å². The molecule has 7 heteroatoms. The van der Waals surface area contributed by atoms with Crippen molar-refractivity contribution in [2.24, 2.45) is 0 Å². The van der Waals surface area contributed by atoms with E-state index < -0.39 is 6.09 Å². The Morgan fingerprint density at radius 1 is 0.711 bits per heavy atom. The molecule has 7 nitrogen and oxygen atoms in total. The number of ether oxygens (including phenoxy) is 4. The number of hydrogen-bond donors (Lipinski definition) is 1. The number of carbonyl (C=O) groups excluding carboxylic acids is 2. The maximum Gasteiger partial charge on any atom is 0.412 e. The Bertz CT molecular complexity index is 965. The van der Waals surface area contributed by atoms with Crippen molar-refractivity contribution in [3.8, 4) is 23.0 Å². The van der Waals surface area contributed by atoms with Gasteiger partial charge in [-0.15, -0.1) is 13.2 Å². The van der Waals surface area contributed by atoms with Gasteiger partial charge in [-0.2, -0.15) is 0 Å². The third kappa shape index (κ3) is 11.1. The van der Waals surface area contributed by atoms with Gasteiger partial charge >= 0.3 is 12.1 Å². The molecule has 0 aromatic heterocycles. The van der Waals surface area contributed by atoms with Gasteiger partial charge in [-0.1, -0.05) is 56.4 Å². The van der Waals surface area contributed by atoms with Gasteiger partial charge in [0, 0.05) is 13.0 Å². The van der Waals surface area contributed by atoms with E-state index in [2.05, 4.69) is 18.5 Å². The van der Waals surface area contributed by atoms with E-state index in [4.69, 9.17) is 18.9 Å². The molecule has 2 aromatic carbocycles. The first-order chi connectivity index (χ1) is 18.5. The van der Waals surface area contributed by atoms with Crippen molar-refractivity contribution in [2.45, 2.75) is 64.2 Å². The zero-order valence-corrected chi connectivity index (χ0v) is 22.8. The smallest absolute Gasteiger partial charge is 0.412 e. The van der Waals surface area contributed by atoms with Gasteiger partial charge in [0.1, 0.15) is 0 Å². The van der Waals surface area contributed by atoms with E-state index in [-0.39, 0.29) is 5.97 Å². The number of methoxy groups -OCH3 is 2. The summed E-state index contributed by atoms with van der Waals surface area (Å²) < 4.78 is 21.5. The van der Waals surface area contributed by atoms with Gasteiger partial charge in [0.05, 0.1) is 14.2 Å². The Kier molecular flexibility index (Phi) is 14.2. The van der Waals surface area contributed by atoms with Gasteiger partial charge in [0.25, 0.3) is 0 Å². The number of rotatable bonds is 18. The number of hydrogen-bond acceptors (Lipinski definition) is 6. The molecule has 1 amide bonds. The van der Waals surface area contributed by atoms with Crippen LogP contribution < -0.4 is 24.3 Å². The Labute approximate surface area is 226 Å². The average Bonchev–Trinajstić information content (AvgIpc) is 2.91. The number of unbranched alkanes of at least 4 members (excludes halogenated alkanes) is 6. The van der Waals surface area contributed by atoms with Gasteiger partial charge in [0.2, 0.25) is 0 Å². The predicted molar refractivity (Wildman–Crippen MR) is 150 cm³/mol. The molecule has 0 spiro atoms. The second-order valence-electron chi connectivity index (χ2n) is 8.97. The van der Waals surface area contributed by atoms with Crippen molar-refractivity contribution in [1.82, 2.24) is 5.32 Å². The lowest BCUT2D eigenvalue weighted by Crippen LogP contribution is -2.27. The first-order valence-corrected chi connectivity index (χ1v) is 13.2. The summed E-state index contributed by atoms with van der Waals surface area (Å²) >= 11 is 0. The van der Waals surface area contributed by atoms with E-state index in [1.165, 1.54) is 0 Å². The topological polar surface area (TPSA) is 83.1 Å². The molecule has 2 rings (SSSR count). The van der Waals surface area contributed by atoms with E-state index in [9.17, 15) is 9.59 Å². The van der Waals surface area contributed by atoms with Crippen molar-refractivity contribution in [3.05, 3.63) is 72.8 Å². The number of amides is 1. The second kappa shape index (κ2) is 17.7. The first kappa shape index (κ1) is 30.5. The van der Waals surface area contributed by atoms with Crippen LogP contribution in [0.2, 0.25) is 0 Å². The Morgan fingerprint density at radius 2 is 1.21 bits per heavy atom. The maximum absolute atomic E-state index is 12.2. The van der Waals surface area contributed by atoms with Crippen LogP contribution >= 0.6 is 0 Å². The summed E-state index contributed by atoms with van der Waals surface area (Å²) in [7, 11) is 3.11. The minimum atomic E-state index is -0.489. The van der Waals surface area contributed by atoms with Gasteiger partial charge in [0.15, 0.2) is 23.0 Å². The summed E-state index contributed by atoms with van der Waals surface area (Å²) in [6.45, 7) is 8.02. The molecule has 0 bridgehead atoms. The molecule has 0 atom stereocenters. The zero-order chi connectivity index (χ0) is 27.6. The number of benzene rings is 2. The minimum absolute atomic E-state index is 0.247. The monoisotopic (exact) mass is 523 g/mol. The summed E-state index contributed by atoms with van der Waals surface area (Å²) in [6.07, 6.45) is 11.9. The van der Waals surface area contributed by atoms with Gasteiger partial charge < -0.3 is 24.3 Å². The summed E-state index contributed by atoms with van der Waals surface area (Å²) in [5.74, 6) is 1.66. The molecule has 0 radical (unpaired) electrons. The van der Waals surface area contributed by atoms with Gasteiger partial charge in [-0.3, -0.25) is 4.79 Å². The molecule has 0 aliphatic rings. The second-order valence-corrected chi connectivity index (χ2v) is 8.97. The lowest BCUT2D eigenvalue weighted by molar-refractivity contribution is -0.134. The Hall–Kier alpha value is -3.74. The number of carbonyl (C=O) groups is 2. The lowest BCUT2D eigenvalue weighted by Gasteiger charge is -2.11. The van der Waals surface area contributed by atoms with Crippen LogP contribution in [0.4, 0.5) is 4.79 Å². The van der Waals surface area contributed by atoms with Gasteiger partial charge in [-0.05, 0) is 61.1 Å². The molecule has 0 unspecified atom stereocenters. The molecular weight excluding hydrogens is 482 g/mol. The third-order valence-corrected chi connectivity index (χ3v) is 5.97. The summed E-state index contributed by atoms with van der Waals surface area (Å²) in [5, 5.41) is 2.79. The average molecular weight is 524 g/mol. The molecule has 2 aromatic rings. The maximum atomic E-state index is 12.2.